The maximum absolute atomic E-state index is 13.9. The number of hydrogen-bond acceptors (Lipinski definition) is 3. The minimum atomic E-state index is -3.10. The Morgan fingerprint density at radius 1 is 1.21 bits per heavy atom. The van der Waals surface area contributed by atoms with E-state index in [1.807, 2.05) is 24.0 Å². The number of benzene rings is 2. The number of halogens is 3. The maximum atomic E-state index is 13.9. The van der Waals surface area contributed by atoms with E-state index in [9.17, 15) is 18.0 Å². The van der Waals surface area contributed by atoms with Gasteiger partial charge in [0.15, 0.2) is 6.17 Å². The van der Waals surface area contributed by atoms with Gasteiger partial charge in [0.25, 0.3) is 6.43 Å². The summed E-state index contributed by atoms with van der Waals surface area (Å²) in [7, 11) is 0. The Bertz CT molecular complexity index is 853. The number of aliphatic carboxylic acids is 1. The standard InChI is InChI=1S/C22H24F3NO3/c1-2-3-9-29-19-8-7-15(20(23)21(24)25)11-18(19)14-5-4-6-17(10-14)26-12-16(13-26)22(27)28/h4-8,10-11,16,20-21H,2-3,9,12-13H2,1H3,(H,27,28). The second-order valence-electron chi connectivity index (χ2n) is 7.18. The molecule has 1 aliphatic rings. The fourth-order valence-electron chi connectivity index (χ4n) is 3.26. The molecule has 0 radical (unpaired) electrons. The van der Waals surface area contributed by atoms with Gasteiger partial charge in [0.05, 0.1) is 12.5 Å². The molecule has 3 rings (SSSR count). The summed E-state index contributed by atoms with van der Waals surface area (Å²) >= 11 is 0. The molecule has 1 unspecified atom stereocenters. The van der Waals surface area contributed by atoms with Crippen molar-refractivity contribution >= 4 is 11.7 Å². The molecule has 1 atom stereocenters. The van der Waals surface area contributed by atoms with Crippen molar-refractivity contribution in [3.63, 3.8) is 0 Å². The minimum absolute atomic E-state index is 0.0989. The average Bonchev–Trinajstić information content (AvgIpc) is 2.66. The molecule has 0 spiro atoms. The van der Waals surface area contributed by atoms with Crippen molar-refractivity contribution in [1.82, 2.24) is 0 Å². The highest BCUT2D eigenvalue weighted by molar-refractivity contribution is 5.77. The molecule has 0 amide bonds. The lowest BCUT2D eigenvalue weighted by atomic mass is 9.96. The molecule has 1 aliphatic heterocycles. The van der Waals surface area contributed by atoms with Crippen LogP contribution in [0.5, 0.6) is 5.75 Å². The molecular formula is C22H24F3NO3. The van der Waals surface area contributed by atoms with Crippen molar-refractivity contribution in [1.29, 1.82) is 0 Å². The van der Waals surface area contributed by atoms with Gasteiger partial charge in [0.1, 0.15) is 5.75 Å². The number of rotatable bonds is 9. The predicted molar refractivity (Wildman–Crippen MR) is 105 cm³/mol. The van der Waals surface area contributed by atoms with Crippen LogP contribution in [-0.4, -0.2) is 37.2 Å². The van der Waals surface area contributed by atoms with Gasteiger partial charge in [-0.3, -0.25) is 4.79 Å². The van der Waals surface area contributed by atoms with Crippen LogP contribution in [0.1, 0.15) is 31.5 Å². The van der Waals surface area contributed by atoms with E-state index in [1.165, 1.54) is 18.2 Å². The predicted octanol–water partition coefficient (Wildman–Crippen LogP) is 5.33. The number of hydrogen-bond donors (Lipinski definition) is 1. The molecule has 29 heavy (non-hydrogen) atoms. The summed E-state index contributed by atoms with van der Waals surface area (Å²) in [5, 5.41) is 9.06. The van der Waals surface area contributed by atoms with Crippen LogP contribution in [0.25, 0.3) is 11.1 Å². The summed E-state index contributed by atoms with van der Waals surface area (Å²) in [5.41, 5.74) is 1.98. The fraction of sp³-hybridized carbons (Fsp3) is 0.409. The topological polar surface area (TPSA) is 49.8 Å². The number of ether oxygens (including phenoxy) is 1. The van der Waals surface area contributed by atoms with Gasteiger partial charge in [-0.05, 0) is 41.8 Å². The highest BCUT2D eigenvalue weighted by atomic mass is 19.3. The van der Waals surface area contributed by atoms with E-state index in [0.717, 1.165) is 18.5 Å². The molecule has 0 saturated carbocycles. The first kappa shape index (κ1) is 21.0. The Balaban J connectivity index is 1.91. The van der Waals surface area contributed by atoms with Gasteiger partial charge in [-0.25, -0.2) is 13.2 Å². The first-order valence-corrected chi connectivity index (χ1v) is 9.67. The van der Waals surface area contributed by atoms with E-state index in [-0.39, 0.29) is 5.56 Å². The van der Waals surface area contributed by atoms with Crippen molar-refractivity contribution in [2.75, 3.05) is 24.6 Å². The molecule has 1 heterocycles. The molecule has 0 aromatic heterocycles. The van der Waals surface area contributed by atoms with Crippen LogP contribution >= 0.6 is 0 Å². The quantitative estimate of drug-likeness (QED) is 0.571. The third-order valence-electron chi connectivity index (χ3n) is 5.05. The van der Waals surface area contributed by atoms with Crippen molar-refractivity contribution in [2.24, 2.45) is 5.92 Å². The normalized spacial score (nSPS) is 15.3. The summed E-state index contributed by atoms with van der Waals surface area (Å²) in [6.45, 7) is 3.33. The van der Waals surface area contributed by atoms with Crippen LogP contribution in [0, 0.1) is 5.92 Å². The van der Waals surface area contributed by atoms with E-state index < -0.39 is 24.5 Å². The molecular weight excluding hydrogens is 383 g/mol. The second-order valence-corrected chi connectivity index (χ2v) is 7.18. The van der Waals surface area contributed by atoms with E-state index >= 15 is 0 Å². The zero-order valence-electron chi connectivity index (χ0n) is 16.2. The van der Waals surface area contributed by atoms with E-state index in [1.54, 1.807) is 12.1 Å². The van der Waals surface area contributed by atoms with Crippen LogP contribution in [0.4, 0.5) is 18.9 Å². The van der Waals surface area contributed by atoms with Crippen LogP contribution in [0.2, 0.25) is 0 Å². The lowest BCUT2D eigenvalue weighted by molar-refractivity contribution is -0.142. The zero-order chi connectivity index (χ0) is 21.0. The third-order valence-corrected chi connectivity index (χ3v) is 5.05. The lowest BCUT2D eigenvalue weighted by Gasteiger charge is -2.38. The zero-order valence-corrected chi connectivity index (χ0v) is 16.2. The first-order chi connectivity index (χ1) is 13.9. The number of carboxylic acids is 1. The van der Waals surface area contributed by atoms with Gasteiger partial charge >= 0.3 is 5.97 Å². The summed E-state index contributed by atoms with van der Waals surface area (Å²) < 4.78 is 45.5. The SMILES string of the molecule is CCCCOc1ccc(C(F)C(F)F)cc1-c1cccc(N2CC(C(=O)O)C2)c1. The monoisotopic (exact) mass is 407 g/mol. The number of carboxylic acid groups (broad SMARTS) is 1. The first-order valence-electron chi connectivity index (χ1n) is 9.67. The number of unbranched alkanes of at least 4 members (excludes halogenated alkanes) is 1. The van der Waals surface area contributed by atoms with Crippen LogP contribution in [0.3, 0.4) is 0 Å². The Labute approximate surface area is 167 Å². The molecule has 2 aromatic carbocycles. The molecule has 1 saturated heterocycles. The second kappa shape index (κ2) is 9.20. The van der Waals surface area contributed by atoms with Crippen molar-refractivity contribution in [3.05, 3.63) is 48.0 Å². The van der Waals surface area contributed by atoms with Gasteiger partial charge in [-0.1, -0.05) is 31.5 Å². The summed E-state index contributed by atoms with van der Waals surface area (Å²) in [6.07, 6.45) is -3.68. The lowest BCUT2D eigenvalue weighted by Crippen LogP contribution is -2.50. The molecule has 1 fully saturated rings. The molecule has 4 nitrogen and oxygen atoms in total. The Kier molecular flexibility index (Phi) is 6.67. The Morgan fingerprint density at radius 2 is 1.97 bits per heavy atom. The molecule has 7 heteroatoms. The van der Waals surface area contributed by atoms with Gasteiger partial charge in [0, 0.05) is 24.3 Å². The van der Waals surface area contributed by atoms with E-state index in [4.69, 9.17) is 9.84 Å². The summed E-state index contributed by atoms with van der Waals surface area (Å²) in [5.74, 6) is -0.709. The Hall–Kier alpha value is -2.70. The molecule has 0 aliphatic carbocycles. The van der Waals surface area contributed by atoms with Gasteiger partial charge in [-0.2, -0.15) is 0 Å². The molecule has 0 bridgehead atoms. The van der Waals surface area contributed by atoms with E-state index in [0.29, 0.717) is 36.6 Å². The van der Waals surface area contributed by atoms with Gasteiger partial charge in [0.2, 0.25) is 0 Å². The van der Waals surface area contributed by atoms with Crippen LogP contribution in [-0.2, 0) is 4.79 Å². The maximum Gasteiger partial charge on any atom is 0.310 e. The van der Waals surface area contributed by atoms with E-state index in [2.05, 4.69) is 0 Å². The number of anilines is 1. The molecule has 1 N–H and O–H groups in total. The van der Waals surface area contributed by atoms with Crippen molar-refractivity contribution in [2.45, 2.75) is 32.4 Å². The fourth-order valence-corrected chi connectivity index (χ4v) is 3.26. The van der Waals surface area contributed by atoms with Gasteiger partial charge < -0.3 is 14.7 Å². The summed E-state index contributed by atoms with van der Waals surface area (Å²) in [6, 6.07) is 11.6. The van der Waals surface area contributed by atoms with Crippen molar-refractivity contribution < 1.29 is 27.8 Å². The highest BCUT2D eigenvalue weighted by Gasteiger charge is 2.32. The smallest absolute Gasteiger partial charge is 0.310 e. The van der Waals surface area contributed by atoms with Gasteiger partial charge in [-0.15, -0.1) is 0 Å². The van der Waals surface area contributed by atoms with Crippen molar-refractivity contribution in [3.8, 4) is 16.9 Å². The van der Waals surface area contributed by atoms with Crippen LogP contribution < -0.4 is 9.64 Å². The average molecular weight is 407 g/mol. The number of alkyl halides is 3. The van der Waals surface area contributed by atoms with Crippen LogP contribution in [0.15, 0.2) is 42.5 Å². The summed E-state index contributed by atoms with van der Waals surface area (Å²) in [4.78, 5) is 13.0. The minimum Gasteiger partial charge on any atom is -0.493 e. The Morgan fingerprint density at radius 3 is 2.62 bits per heavy atom. The molecule has 2 aromatic rings. The molecule has 156 valence electrons. The highest BCUT2D eigenvalue weighted by Crippen LogP contribution is 2.37. The number of nitrogens with zero attached hydrogens (tertiary/aromatic N) is 1. The number of carbonyl (C=O) groups is 1. The largest absolute Gasteiger partial charge is 0.493 e. The third kappa shape index (κ3) is 4.83.